The Balaban J connectivity index is 1.98. The van der Waals surface area contributed by atoms with Crippen LogP contribution >= 0.6 is 11.6 Å². The summed E-state index contributed by atoms with van der Waals surface area (Å²) in [4.78, 5) is 12.1. The number of nitrogens with two attached hydrogens (primary N) is 1. The maximum absolute atomic E-state index is 12.1. The van der Waals surface area contributed by atoms with Crippen LogP contribution in [-0.4, -0.2) is 17.1 Å². The van der Waals surface area contributed by atoms with Gasteiger partial charge in [0.15, 0.2) is 0 Å². The van der Waals surface area contributed by atoms with Gasteiger partial charge in [-0.3, -0.25) is 4.79 Å². The van der Waals surface area contributed by atoms with E-state index in [2.05, 4.69) is 5.32 Å². The van der Waals surface area contributed by atoms with Gasteiger partial charge in [-0.2, -0.15) is 0 Å². The first kappa shape index (κ1) is 15.4. The van der Waals surface area contributed by atoms with Crippen molar-refractivity contribution in [2.45, 2.75) is 19.4 Å². The third kappa shape index (κ3) is 4.21. The summed E-state index contributed by atoms with van der Waals surface area (Å²) in [6.07, 6.45) is 0.395. The van der Waals surface area contributed by atoms with Crippen LogP contribution < -0.4 is 11.1 Å². The lowest BCUT2D eigenvalue weighted by atomic mass is 10.1. The molecule has 1 amide bonds. The molecule has 0 fully saturated rings. The Hall–Kier alpha value is -2.04. The molecule has 21 heavy (non-hydrogen) atoms. The van der Waals surface area contributed by atoms with Gasteiger partial charge >= 0.3 is 0 Å². The van der Waals surface area contributed by atoms with Gasteiger partial charge in [-0.25, -0.2) is 0 Å². The Morgan fingerprint density at radius 1 is 1.29 bits per heavy atom. The number of nitrogens with one attached hydrogen (secondary N) is 1. The Kier molecular flexibility index (Phi) is 4.83. The number of phenolic OH excluding ortho intramolecular Hbond substituents is 1. The van der Waals surface area contributed by atoms with Crippen LogP contribution in [0.4, 0.5) is 5.69 Å². The van der Waals surface area contributed by atoms with Crippen molar-refractivity contribution in [2.75, 3.05) is 5.32 Å². The second-order valence-corrected chi connectivity index (χ2v) is 5.34. The van der Waals surface area contributed by atoms with Crippen molar-refractivity contribution in [2.24, 2.45) is 5.73 Å². The second-order valence-electron chi connectivity index (χ2n) is 4.93. The number of aryl methyl sites for hydroxylation is 1. The lowest BCUT2D eigenvalue weighted by molar-refractivity contribution is -0.117. The standard InChI is InChI=1S/C16H17ClN2O2/c1-10-2-5-12(9-14(10)17)19-16(21)15(18)8-11-3-6-13(20)7-4-11/h2-7,9,15,20H,8,18H2,1H3,(H,19,21)/t15-/m1/s1. The first-order chi connectivity index (χ1) is 9.95. The van der Waals surface area contributed by atoms with Crippen LogP contribution in [0, 0.1) is 6.92 Å². The highest BCUT2D eigenvalue weighted by Crippen LogP contribution is 2.20. The zero-order valence-corrected chi connectivity index (χ0v) is 12.4. The molecular formula is C16H17ClN2O2. The van der Waals surface area contributed by atoms with E-state index in [-0.39, 0.29) is 11.7 Å². The topological polar surface area (TPSA) is 75.4 Å². The van der Waals surface area contributed by atoms with Gasteiger partial charge in [-0.15, -0.1) is 0 Å². The highest BCUT2D eigenvalue weighted by Gasteiger charge is 2.14. The molecule has 2 rings (SSSR count). The van der Waals surface area contributed by atoms with E-state index in [9.17, 15) is 9.90 Å². The molecular weight excluding hydrogens is 288 g/mol. The highest BCUT2D eigenvalue weighted by molar-refractivity contribution is 6.31. The molecule has 0 aliphatic rings. The average molecular weight is 305 g/mol. The first-order valence-corrected chi connectivity index (χ1v) is 6.94. The summed E-state index contributed by atoms with van der Waals surface area (Å²) in [5.41, 5.74) is 8.35. The normalized spacial score (nSPS) is 12.0. The molecule has 0 aliphatic heterocycles. The molecule has 0 saturated carbocycles. The van der Waals surface area contributed by atoms with Gasteiger partial charge in [-0.05, 0) is 48.7 Å². The number of phenols is 1. The number of halogens is 1. The Morgan fingerprint density at radius 2 is 1.95 bits per heavy atom. The molecule has 0 bridgehead atoms. The van der Waals surface area contributed by atoms with E-state index >= 15 is 0 Å². The summed E-state index contributed by atoms with van der Waals surface area (Å²) < 4.78 is 0. The van der Waals surface area contributed by atoms with Crippen LogP contribution in [-0.2, 0) is 11.2 Å². The first-order valence-electron chi connectivity index (χ1n) is 6.56. The fourth-order valence-corrected chi connectivity index (χ4v) is 2.06. The van der Waals surface area contributed by atoms with Crippen LogP contribution in [0.5, 0.6) is 5.75 Å². The Bertz CT molecular complexity index is 641. The third-order valence-corrected chi connectivity index (χ3v) is 3.58. The van der Waals surface area contributed by atoms with Gasteiger partial charge in [0.25, 0.3) is 0 Å². The van der Waals surface area contributed by atoms with Crippen molar-refractivity contribution >= 4 is 23.2 Å². The van der Waals surface area contributed by atoms with E-state index in [1.807, 2.05) is 13.0 Å². The number of amides is 1. The number of rotatable bonds is 4. The maximum Gasteiger partial charge on any atom is 0.241 e. The lowest BCUT2D eigenvalue weighted by Gasteiger charge is -2.13. The van der Waals surface area contributed by atoms with Crippen molar-refractivity contribution in [3.8, 4) is 5.75 Å². The molecule has 0 aromatic heterocycles. The minimum atomic E-state index is -0.672. The quantitative estimate of drug-likeness (QED) is 0.813. The maximum atomic E-state index is 12.1. The van der Waals surface area contributed by atoms with E-state index in [1.165, 1.54) is 0 Å². The molecule has 5 heteroatoms. The van der Waals surface area contributed by atoms with Gasteiger partial charge in [0, 0.05) is 10.7 Å². The summed E-state index contributed by atoms with van der Waals surface area (Å²) in [7, 11) is 0. The fourth-order valence-electron chi connectivity index (χ4n) is 1.88. The predicted octanol–water partition coefficient (Wildman–Crippen LogP) is 2.86. The van der Waals surface area contributed by atoms with Crippen LogP contribution in [0.1, 0.15) is 11.1 Å². The van der Waals surface area contributed by atoms with E-state index in [4.69, 9.17) is 17.3 Å². The van der Waals surface area contributed by atoms with Gasteiger partial charge in [0.1, 0.15) is 5.75 Å². The summed E-state index contributed by atoms with van der Waals surface area (Å²) in [5.74, 6) is -0.0888. The summed E-state index contributed by atoms with van der Waals surface area (Å²) in [6, 6.07) is 11.3. The number of benzene rings is 2. The molecule has 1 atom stereocenters. The number of hydrogen-bond acceptors (Lipinski definition) is 3. The minimum Gasteiger partial charge on any atom is -0.508 e. The predicted molar refractivity (Wildman–Crippen MR) is 84.6 cm³/mol. The SMILES string of the molecule is Cc1ccc(NC(=O)[C@H](N)Cc2ccc(O)cc2)cc1Cl. The zero-order chi connectivity index (χ0) is 15.4. The molecule has 0 aliphatic carbocycles. The molecule has 0 heterocycles. The molecule has 0 unspecified atom stereocenters. The highest BCUT2D eigenvalue weighted by atomic mass is 35.5. The van der Waals surface area contributed by atoms with Crippen molar-refractivity contribution in [1.82, 2.24) is 0 Å². The molecule has 4 N–H and O–H groups in total. The van der Waals surface area contributed by atoms with Crippen molar-refractivity contribution in [3.05, 3.63) is 58.6 Å². The number of hydrogen-bond donors (Lipinski definition) is 3. The minimum absolute atomic E-state index is 0.186. The van der Waals surface area contributed by atoms with E-state index < -0.39 is 6.04 Å². The third-order valence-electron chi connectivity index (χ3n) is 3.17. The summed E-state index contributed by atoms with van der Waals surface area (Å²) >= 11 is 6.02. The van der Waals surface area contributed by atoms with Crippen LogP contribution in [0.2, 0.25) is 5.02 Å². The summed E-state index contributed by atoms with van der Waals surface area (Å²) in [5, 5.41) is 12.6. The van der Waals surface area contributed by atoms with E-state index in [0.29, 0.717) is 17.1 Å². The molecule has 0 radical (unpaired) electrons. The molecule has 110 valence electrons. The van der Waals surface area contributed by atoms with Gasteiger partial charge in [-0.1, -0.05) is 29.8 Å². The van der Waals surface area contributed by atoms with Crippen molar-refractivity contribution < 1.29 is 9.90 Å². The molecule has 2 aromatic rings. The number of carbonyl (C=O) groups excluding carboxylic acids is 1. The van der Waals surface area contributed by atoms with E-state index in [0.717, 1.165) is 11.1 Å². The number of aromatic hydroxyl groups is 1. The van der Waals surface area contributed by atoms with Crippen LogP contribution in [0.25, 0.3) is 0 Å². The smallest absolute Gasteiger partial charge is 0.241 e. The lowest BCUT2D eigenvalue weighted by Crippen LogP contribution is -2.37. The monoisotopic (exact) mass is 304 g/mol. The Labute approximate surface area is 128 Å². The van der Waals surface area contributed by atoms with Gasteiger partial charge < -0.3 is 16.2 Å². The zero-order valence-electron chi connectivity index (χ0n) is 11.6. The largest absolute Gasteiger partial charge is 0.508 e. The summed E-state index contributed by atoms with van der Waals surface area (Å²) in [6.45, 7) is 1.89. The van der Waals surface area contributed by atoms with Gasteiger partial charge in [0.05, 0.1) is 6.04 Å². The van der Waals surface area contributed by atoms with E-state index in [1.54, 1.807) is 36.4 Å². The molecule has 0 spiro atoms. The fraction of sp³-hybridized carbons (Fsp3) is 0.188. The van der Waals surface area contributed by atoms with Crippen molar-refractivity contribution in [1.29, 1.82) is 0 Å². The van der Waals surface area contributed by atoms with Crippen LogP contribution in [0.3, 0.4) is 0 Å². The number of anilines is 1. The van der Waals surface area contributed by atoms with Crippen LogP contribution in [0.15, 0.2) is 42.5 Å². The molecule has 4 nitrogen and oxygen atoms in total. The second kappa shape index (κ2) is 6.61. The Morgan fingerprint density at radius 3 is 2.57 bits per heavy atom. The van der Waals surface area contributed by atoms with Crippen molar-refractivity contribution in [3.63, 3.8) is 0 Å². The van der Waals surface area contributed by atoms with Gasteiger partial charge in [0.2, 0.25) is 5.91 Å². The molecule has 0 saturated heterocycles. The average Bonchev–Trinajstić information content (AvgIpc) is 2.45. The number of carbonyl (C=O) groups is 1. The molecule has 2 aromatic carbocycles.